The smallest absolute Gasteiger partial charge is 0.258 e. The van der Waals surface area contributed by atoms with Gasteiger partial charge in [-0.15, -0.1) is 11.8 Å². The third kappa shape index (κ3) is 9.46. The van der Waals surface area contributed by atoms with E-state index in [0.29, 0.717) is 25.3 Å². The molecule has 2 saturated heterocycles. The van der Waals surface area contributed by atoms with Crippen molar-refractivity contribution in [3.63, 3.8) is 0 Å². The number of pyridine rings is 1. The van der Waals surface area contributed by atoms with Crippen molar-refractivity contribution >= 4 is 46.2 Å². The molecule has 5 atom stereocenters. The largest absolute Gasteiger partial charge is 0.483 e. The molecule has 13 heteroatoms. The zero-order valence-corrected chi connectivity index (χ0v) is 32.4. The van der Waals surface area contributed by atoms with Gasteiger partial charge in [0.25, 0.3) is 11.8 Å². The van der Waals surface area contributed by atoms with Crippen molar-refractivity contribution in [2.45, 2.75) is 76.1 Å². The van der Waals surface area contributed by atoms with E-state index in [-0.39, 0.29) is 37.3 Å². The van der Waals surface area contributed by atoms with E-state index in [0.717, 1.165) is 33.0 Å². The van der Waals surface area contributed by atoms with Crippen LogP contribution in [0, 0.1) is 19.8 Å². The highest BCUT2D eigenvalue weighted by Crippen LogP contribution is 2.40. The van der Waals surface area contributed by atoms with Crippen LogP contribution >= 0.6 is 11.8 Å². The van der Waals surface area contributed by atoms with Crippen LogP contribution in [0.2, 0.25) is 0 Å². The maximum absolute atomic E-state index is 14.3. The topological polar surface area (TPSA) is 159 Å². The lowest BCUT2D eigenvalue weighted by Crippen LogP contribution is -2.61. The van der Waals surface area contributed by atoms with Gasteiger partial charge in [0.05, 0.1) is 18.5 Å². The highest BCUT2D eigenvalue weighted by Gasteiger charge is 2.50. The first kappa shape index (κ1) is 39.7. The lowest BCUT2D eigenvalue weighted by atomic mass is 9.95. The molecule has 6 rings (SSSR count). The van der Waals surface area contributed by atoms with Gasteiger partial charge in [-0.05, 0) is 74.9 Å². The van der Waals surface area contributed by atoms with Crippen LogP contribution in [-0.2, 0) is 36.9 Å². The molecule has 2 aliphatic rings. The van der Waals surface area contributed by atoms with Gasteiger partial charge >= 0.3 is 0 Å². The summed E-state index contributed by atoms with van der Waals surface area (Å²) in [5.41, 5.74) is 3.89. The maximum atomic E-state index is 14.3. The number of aliphatic hydroxyl groups is 1. The van der Waals surface area contributed by atoms with Gasteiger partial charge in [0.15, 0.2) is 12.7 Å². The first-order valence-corrected chi connectivity index (χ1v) is 19.5. The van der Waals surface area contributed by atoms with Crippen LogP contribution < -0.4 is 20.7 Å². The minimum absolute atomic E-state index is 0.119. The summed E-state index contributed by atoms with van der Waals surface area (Å²) in [4.78, 5) is 61.2. The number of fused-ring (bicyclic) bond motifs is 1. The second-order valence-electron chi connectivity index (χ2n) is 14.7. The number of thioether (sulfide) groups is 1. The summed E-state index contributed by atoms with van der Waals surface area (Å²) in [5, 5.41) is 22.3. The molecule has 2 fully saturated rings. The number of aryl methyl sites for hydroxylation is 2. The maximum Gasteiger partial charge on any atom is 0.258 e. The molecule has 4 amide bonds. The van der Waals surface area contributed by atoms with Gasteiger partial charge in [-0.2, -0.15) is 0 Å². The van der Waals surface area contributed by atoms with Crippen LogP contribution in [0.25, 0.3) is 10.8 Å². The number of amides is 4. The van der Waals surface area contributed by atoms with Gasteiger partial charge in [0.1, 0.15) is 17.8 Å². The van der Waals surface area contributed by atoms with Gasteiger partial charge in [0.2, 0.25) is 11.8 Å². The van der Waals surface area contributed by atoms with E-state index in [1.54, 1.807) is 24.5 Å². The SMILES string of the molecule is Cc1cccc(C)c1CNC(=O)[C@H]1N(C(=O)[C@@H](O)[C@H](Cc2ccccc2)NC(=O)[C@@H](NC(=O)COc2cccc3cnccc23)[C@H]2CCOC2)CSC1(C)C. The number of aliphatic hydroxyl groups excluding tert-OH is 1. The van der Waals surface area contributed by atoms with Crippen molar-refractivity contribution in [3.05, 3.63) is 107 Å². The molecule has 1 aromatic heterocycles. The summed E-state index contributed by atoms with van der Waals surface area (Å²) in [6.07, 6.45) is 2.30. The van der Waals surface area contributed by atoms with E-state index in [1.165, 1.54) is 16.7 Å². The summed E-state index contributed by atoms with van der Waals surface area (Å²) >= 11 is 1.45. The fourth-order valence-electron chi connectivity index (χ4n) is 7.33. The average Bonchev–Trinajstić information content (AvgIpc) is 3.83. The summed E-state index contributed by atoms with van der Waals surface area (Å²) < 4.78 is 10.8. The molecule has 3 aromatic carbocycles. The third-order valence-electron chi connectivity index (χ3n) is 10.5. The average molecular weight is 768 g/mol. The second kappa shape index (κ2) is 17.7. The van der Waals surface area contributed by atoms with Gasteiger partial charge in [-0.3, -0.25) is 24.2 Å². The zero-order chi connectivity index (χ0) is 39.1. The van der Waals surface area contributed by atoms with Gasteiger partial charge in [-0.1, -0.05) is 60.7 Å². The Morgan fingerprint density at radius 1 is 1.00 bits per heavy atom. The number of rotatable bonds is 14. The molecular formula is C42H49N5O7S. The normalized spacial score (nSPS) is 19.3. The number of ether oxygens (including phenoxy) is 2. The highest BCUT2D eigenvalue weighted by atomic mass is 32.2. The molecule has 3 heterocycles. The molecule has 55 heavy (non-hydrogen) atoms. The van der Waals surface area contributed by atoms with Crippen molar-refractivity contribution in [2.24, 2.45) is 5.92 Å². The van der Waals surface area contributed by atoms with Gasteiger partial charge in [0, 0.05) is 47.0 Å². The summed E-state index contributed by atoms with van der Waals surface area (Å²) in [5.74, 6) is -1.73. The van der Waals surface area contributed by atoms with E-state index in [4.69, 9.17) is 9.47 Å². The minimum Gasteiger partial charge on any atom is -0.483 e. The predicted molar refractivity (Wildman–Crippen MR) is 211 cm³/mol. The van der Waals surface area contributed by atoms with E-state index in [2.05, 4.69) is 20.9 Å². The molecule has 2 aliphatic heterocycles. The van der Waals surface area contributed by atoms with Crippen molar-refractivity contribution in [1.82, 2.24) is 25.8 Å². The Bertz CT molecular complexity index is 1980. The molecular weight excluding hydrogens is 719 g/mol. The number of nitrogens with one attached hydrogen (secondary N) is 3. The Hall–Kier alpha value is -4.98. The number of carbonyl (C=O) groups excluding carboxylic acids is 4. The monoisotopic (exact) mass is 767 g/mol. The Labute approximate surface area is 325 Å². The molecule has 0 saturated carbocycles. The number of nitrogens with zero attached hydrogens (tertiary/aromatic N) is 2. The Kier molecular flexibility index (Phi) is 12.7. The van der Waals surface area contributed by atoms with E-state index in [9.17, 15) is 24.3 Å². The van der Waals surface area contributed by atoms with Crippen LogP contribution in [0.4, 0.5) is 0 Å². The van der Waals surface area contributed by atoms with Crippen LogP contribution in [0.15, 0.2) is 85.2 Å². The minimum atomic E-state index is -1.70. The summed E-state index contributed by atoms with van der Waals surface area (Å²) in [6.45, 7) is 8.42. The molecule has 4 N–H and O–H groups in total. The van der Waals surface area contributed by atoms with Crippen molar-refractivity contribution in [1.29, 1.82) is 0 Å². The molecule has 0 bridgehead atoms. The number of carbonyl (C=O) groups is 4. The van der Waals surface area contributed by atoms with Gasteiger partial charge < -0.3 is 35.4 Å². The summed E-state index contributed by atoms with van der Waals surface area (Å²) in [6, 6.07) is 19.5. The van der Waals surface area contributed by atoms with Crippen molar-refractivity contribution in [3.8, 4) is 5.75 Å². The molecule has 0 spiro atoms. The van der Waals surface area contributed by atoms with Crippen LogP contribution in [0.1, 0.15) is 42.5 Å². The van der Waals surface area contributed by atoms with Crippen molar-refractivity contribution < 1.29 is 33.8 Å². The van der Waals surface area contributed by atoms with Crippen LogP contribution in [0.3, 0.4) is 0 Å². The molecule has 12 nitrogen and oxygen atoms in total. The fraction of sp³-hybridized carbons (Fsp3) is 0.405. The molecule has 4 aromatic rings. The Balaban J connectivity index is 1.18. The van der Waals surface area contributed by atoms with Gasteiger partial charge in [-0.25, -0.2) is 0 Å². The van der Waals surface area contributed by atoms with Crippen molar-refractivity contribution in [2.75, 3.05) is 25.7 Å². The Morgan fingerprint density at radius 2 is 1.75 bits per heavy atom. The van der Waals surface area contributed by atoms with Crippen LogP contribution in [0.5, 0.6) is 5.75 Å². The van der Waals surface area contributed by atoms with E-state index in [1.807, 2.05) is 88.4 Å². The molecule has 0 aliphatic carbocycles. The number of hydrogen-bond acceptors (Lipinski definition) is 9. The lowest BCUT2D eigenvalue weighted by molar-refractivity contribution is -0.148. The number of aromatic nitrogens is 1. The fourth-order valence-corrected chi connectivity index (χ4v) is 8.47. The quantitative estimate of drug-likeness (QED) is 0.150. The first-order chi connectivity index (χ1) is 26.4. The highest BCUT2D eigenvalue weighted by molar-refractivity contribution is 8.00. The molecule has 0 radical (unpaired) electrons. The number of hydrogen-bond donors (Lipinski definition) is 4. The summed E-state index contributed by atoms with van der Waals surface area (Å²) in [7, 11) is 0. The first-order valence-electron chi connectivity index (χ1n) is 18.5. The zero-order valence-electron chi connectivity index (χ0n) is 31.6. The lowest BCUT2D eigenvalue weighted by Gasteiger charge is -2.34. The van der Waals surface area contributed by atoms with E-state index >= 15 is 0 Å². The number of benzene rings is 3. The third-order valence-corrected chi connectivity index (χ3v) is 11.8. The standard InChI is InChI=1S/C42H49N5O7S/c1-26-10-8-11-27(2)32(26)22-44-40(51)38-42(3,4)55-25-47(38)41(52)37(49)33(20-28-12-6-5-7-13-28)45-39(50)36(30-17-19-53-23-30)46-35(48)24-54-34-15-9-14-29-21-43-18-16-31(29)34/h5-16,18,21,30,33,36-38,49H,17,19-20,22-25H2,1-4H3,(H,44,51)(H,45,50)(H,46,48)/t30-,33-,36-,37-,38+/m0/s1. The Morgan fingerprint density at radius 3 is 2.47 bits per heavy atom. The van der Waals surface area contributed by atoms with Crippen LogP contribution in [-0.4, -0.2) is 93.3 Å². The second-order valence-corrected chi connectivity index (χ2v) is 16.3. The molecule has 290 valence electrons. The molecule has 0 unspecified atom stereocenters. The predicted octanol–water partition coefficient (Wildman–Crippen LogP) is 3.84. The van der Waals surface area contributed by atoms with E-state index < -0.39 is 46.7 Å².